The molecule has 7 nitrogen and oxygen atoms in total. The van der Waals surface area contributed by atoms with Gasteiger partial charge in [-0.25, -0.2) is 4.98 Å². The molecule has 0 aliphatic heterocycles. The predicted octanol–water partition coefficient (Wildman–Crippen LogP) is 3.41. The van der Waals surface area contributed by atoms with Crippen LogP contribution in [0.15, 0.2) is 53.9 Å². The zero-order valence-corrected chi connectivity index (χ0v) is 16.9. The van der Waals surface area contributed by atoms with Gasteiger partial charge in [-0.2, -0.15) is 0 Å². The second-order valence-corrected chi connectivity index (χ2v) is 7.11. The minimum absolute atomic E-state index is 0.0929. The number of hydrogen-bond acceptors (Lipinski definition) is 6. The Balaban J connectivity index is 1.56. The molecule has 3 aromatic rings. The van der Waals surface area contributed by atoms with Crippen molar-refractivity contribution in [1.82, 2.24) is 10.3 Å². The van der Waals surface area contributed by atoms with Gasteiger partial charge in [-0.15, -0.1) is 11.3 Å². The van der Waals surface area contributed by atoms with Crippen LogP contribution < -0.4 is 20.1 Å². The highest BCUT2D eigenvalue weighted by Crippen LogP contribution is 2.20. The molecule has 1 heterocycles. The number of carbonyl (C=O) groups excluding carboxylic acids is 2. The lowest BCUT2D eigenvalue weighted by atomic mass is 10.2. The van der Waals surface area contributed by atoms with Crippen molar-refractivity contribution in [2.75, 3.05) is 19.0 Å². The van der Waals surface area contributed by atoms with Gasteiger partial charge in [0, 0.05) is 24.2 Å². The molecule has 0 unspecified atom stereocenters. The number of thiazole rings is 1. The van der Waals surface area contributed by atoms with Crippen molar-refractivity contribution in [2.24, 2.45) is 0 Å². The van der Waals surface area contributed by atoms with E-state index < -0.39 is 0 Å². The summed E-state index contributed by atoms with van der Waals surface area (Å²) in [6.07, 6.45) is 0. The van der Waals surface area contributed by atoms with Gasteiger partial charge in [0.25, 0.3) is 11.8 Å². The minimum Gasteiger partial charge on any atom is -0.486 e. The van der Waals surface area contributed by atoms with Gasteiger partial charge in [0.15, 0.2) is 6.61 Å². The summed E-state index contributed by atoms with van der Waals surface area (Å²) >= 11 is 1.36. The molecule has 3 rings (SSSR count). The lowest BCUT2D eigenvalue weighted by Crippen LogP contribution is -2.24. The number of ether oxygens (including phenoxy) is 2. The molecule has 2 N–H and O–H groups in total. The first kappa shape index (κ1) is 20.3. The van der Waals surface area contributed by atoms with Crippen molar-refractivity contribution in [2.45, 2.75) is 13.5 Å². The molecule has 0 saturated carbocycles. The Hall–Kier alpha value is -3.39. The van der Waals surface area contributed by atoms with Crippen LogP contribution in [0.1, 0.15) is 21.1 Å². The van der Waals surface area contributed by atoms with E-state index in [1.165, 1.54) is 18.4 Å². The monoisotopic (exact) mass is 411 g/mol. The first-order chi connectivity index (χ1) is 14.0. The molecule has 0 bridgehead atoms. The third-order valence-corrected chi connectivity index (χ3v) is 4.73. The Morgan fingerprint density at radius 2 is 1.86 bits per heavy atom. The van der Waals surface area contributed by atoms with Crippen LogP contribution in [0.25, 0.3) is 0 Å². The Bertz CT molecular complexity index is 986. The second-order valence-electron chi connectivity index (χ2n) is 6.17. The molecule has 0 atom stereocenters. The molecule has 0 aliphatic rings. The second kappa shape index (κ2) is 9.70. The number of aryl methyl sites for hydroxylation is 1. The molecule has 8 heteroatoms. The molecule has 150 valence electrons. The predicted molar refractivity (Wildman–Crippen MR) is 112 cm³/mol. The maximum absolute atomic E-state index is 12.5. The molecule has 2 aromatic carbocycles. The van der Waals surface area contributed by atoms with E-state index >= 15 is 0 Å². The number of nitrogens with zero attached hydrogens (tertiary/aromatic N) is 1. The van der Waals surface area contributed by atoms with Crippen LogP contribution in [-0.2, 0) is 11.4 Å². The zero-order valence-electron chi connectivity index (χ0n) is 16.1. The Kier molecular flexibility index (Phi) is 6.80. The van der Waals surface area contributed by atoms with E-state index in [4.69, 9.17) is 9.47 Å². The maximum atomic E-state index is 12.5. The smallest absolute Gasteiger partial charge is 0.275 e. The quantitative estimate of drug-likeness (QED) is 0.593. The van der Waals surface area contributed by atoms with Crippen LogP contribution in [0.4, 0.5) is 5.69 Å². The fourth-order valence-corrected chi connectivity index (χ4v) is 3.03. The Morgan fingerprint density at radius 1 is 1.07 bits per heavy atom. The summed E-state index contributed by atoms with van der Waals surface area (Å²) in [5.74, 6) is 0.677. The van der Waals surface area contributed by atoms with Crippen molar-refractivity contribution in [3.63, 3.8) is 0 Å². The van der Waals surface area contributed by atoms with E-state index in [9.17, 15) is 9.59 Å². The first-order valence-corrected chi connectivity index (χ1v) is 9.80. The number of rotatable bonds is 8. The van der Waals surface area contributed by atoms with Gasteiger partial charge in [0.05, 0.1) is 0 Å². The van der Waals surface area contributed by atoms with Gasteiger partial charge >= 0.3 is 0 Å². The summed E-state index contributed by atoms with van der Waals surface area (Å²) in [5.41, 5.74) is 2.03. The molecule has 1 aromatic heterocycles. The molecule has 29 heavy (non-hydrogen) atoms. The molecular formula is C21H21N3O4S. The van der Waals surface area contributed by atoms with Gasteiger partial charge < -0.3 is 20.1 Å². The summed E-state index contributed by atoms with van der Waals surface area (Å²) in [6, 6.07) is 14.6. The van der Waals surface area contributed by atoms with E-state index in [2.05, 4.69) is 15.6 Å². The van der Waals surface area contributed by atoms with Crippen molar-refractivity contribution in [3.05, 3.63) is 70.2 Å². The summed E-state index contributed by atoms with van der Waals surface area (Å²) in [7, 11) is 1.54. The fourth-order valence-electron chi connectivity index (χ4n) is 2.34. The molecule has 0 radical (unpaired) electrons. The third-order valence-electron chi connectivity index (χ3n) is 3.91. The number of anilines is 1. The average Bonchev–Trinajstić information content (AvgIpc) is 3.21. The van der Waals surface area contributed by atoms with Crippen molar-refractivity contribution in [3.8, 4) is 11.5 Å². The number of hydrogen-bond donors (Lipinski definition) is 2. The van der Waals surface area contributed by atoms with Crippen molar-refractivity contribution in [1.29, 1.82) is 0 Å². The van der Waals surface area contributed by atoms with E-state index in [0.717, 1.165) is 11.3 Å². The number of aromatic nitrogens is 1. The van der Waals surface area contributed by atoms with Gasteiger partial charge in [-0.1, -0.05) is 23.8 Å². The molecule has 0 fully saturated rings. The fraction of sp³-hybridized carbons (Fsp3) is 0.190. The largest absolute Gasteiger partial charge is 0.486 e. The molecule has 0 spiro atoms. The van der Waals surface area contributed by atoms with Crippen LogP contribution in [0, 0.1) is 6.92 Å². The van der Waals surface area contributed by atoms with E-state index in [0.29, 0.717) is 28.7 Å². The van der Waals surface area contributed by atoms with Crippen LogP contribution in [0.3, 0.4) is 0 Å². The molecule has 2 amide bonds. The number of likely N-dealkylation sites (N-methyl/N-ethyl adjacent to an activating group) is 1. The lowest BCUT2D eigenvalue weighted by Gasteiger charge is -2.08. The van der Waals surface area contributed by atoms with Crippen LogP contribution in [-0.4, -0.2) is 30.5 Å². The highest BCUT2D eigenvalue weighted by atomic mass is 32.1. The van der Waals surface area contributed by atoms with Crippen molar-refractivity contribution < 1.29 is 19.1 Å². The lowest BCUT2D eigenvalue weighted by molar-refractivity contribution is -0.122. The van der Waals surface area contributed by atoms with Gasteiger partial charge in [0.1, 0.15) is 28.8 Å². The topological polar surface area (TPSA) is 89.6 Å². The first-order valence-electron chi connectivity index (χ1n) is 8.92. The zero-order chi connectivity index (χ0) is 20.6. The maximum Gasteiger partial charge on any atom is 0.275 e. The van der Waals surface area contributed by atoms with Crippen LogP contribution >= 0.6 is 11.3 Å². The summed E-state index contributed by atoms with van der Waals surface area (Å²) < 4.78 is 11.1. The Labute approximate surface area is 172 Å². The highest BCUT2D eigenvalue weighted by molar-refractivity contribution is 7.09. The van der Waals surface area contributed by atoms with Gasteiger partial charge in [-0.3, -0.25) is 9.59 Å². The summed E-state index contributed by atoms with van der Waals surface area (Å²) in [5, 5.41) is 7.65. The summed E-state index contributed by atoms with van der Waals surface area (Å²) in [4.78, 5) is 28.1. The van der Waals surface area contributed by atoms with E-state index in [1.54, 1.807) is 29.6 Å². The van der Waals surface area contributed by atoms with Gasteiger partial charge in [-0.05, 0) is 31.2 Å². The number of amides is 2. The Morgan fingerprint density at radius 3 is 2.62 bits per heavy atom. The van der Waals surface area contributed by atoms with Gasteiger partial charge in [0.2, 0.25) is 0 Å². The molecule has 0 aliphatic carbocycles. The normalized spacial score (nSPS) is 10.3. The van der Waals surface area contributed by atoms with Crippen LogP contribution in [0.2, 0.25) is 0 Å². The van der Waals surface area contributed by atoms with E-state index in [1.807, 2.05) is 31.2 Å². The van der Waals surface area contributed by atoms with Crippen molar-refractivity contribution >= 4 is 28.8 Å². The standard InChI is InChI=1S/C21H21N3O4S/c1-14-6-8-16(9-7-14)28-12-20-24-18(13-29-20)21(26)23-15-4-3-5-17(10-15)27-11-19(25)22-2/h3-10,13H,11-12H2,1-2H3,(H,22,25)(H,23,26). The number of carbonyl (C=O) groups is 2. The third kappa shape index (κ3) is 6.05. The SMILES string of the molecule is CNC(=O)COc1cccc(NC(=O)c2csc(COc3ccc(C)cc3)n2)c1. The highest BCUT2D eigenvalue weighted by Gasteiger charge is 2.12. The molecular weight excluding hydrogens is 390 g/mol. The number of benzene rings is 2. The van der Waals surface area contributed by atoms with Crippen LogP contribution in [0.5, 0.6) is 11.5 Å². The minimum atomic E-state index is -0.328. The average molecular weight is 411 g/mol. The molecule has 0 saturated heterocycles. The number of nitrogens with one attached hydrogen (secondary N) is 2. The summed E-state index contributed by atoms with van der Waals surface area (Å²) in [6.45, 7) is 2.22. The van der Waals surface area contributed by atoms with E-state index in [-0.39, 0.29) is 18.4 Å².